The van der Waals surface area contributed by atoms with Crippen LogP contribution < -0.4 is 5.49 Å². The highest BCUT2D eigenvalue weighted by molar-refractivity contribution is 5.85. The van der Waals surface area contributed by atoms with Crippen molar-refractivity contribution >= 4 is 23.6 Å². The quantitative estimate of drug-likeness (QED) is 0.918. The van der Waals surface area contributed by atoms with Crippen LogP contribution in [0, 0.1) is 0 Å². The fraction of sp³-hybridized carbons (Fsp3) is 0.706. The Labute approximate surface area is 144 Å². The van der Waals surface area contributed by atoms with E-state index >= 15 is 0 Å². The fourth-order valence-electron chi connectivity index (χ4n) is 3.15. The minimum Gasteiger partial charge on any atom is -0.337 e. The van der Waals surface area contributed by atoms with Crippen molar-refractivity contribution in [2.45, 2.75) is 77.8 Å². The van der Waals surface area contributed by atoms with E-state index in [-0.39, 0.29) is 12.4 Å². The molecule has 0 aromatic carbocycles. The van der Waals surface area contributed by atoms with Crippen molar-refractivity contribution < 1.29 is 0 Å². The molecule has 0 saturated heterocycles. The third kappa shape index (κ3) is 3.94. The zero-order chi connectivity index (χ0) is 15.5. The molecule has 1 N–H and O–H groups in total. The zero-order valence-corrected chi connectivity index (χ0v) is 15.2. The summed E-state index contributed by atoms with van der Waals surface area (Å²) < 4.78 is 2.14. The second kappa shape index (κ2) is 7.95. The molecule has 0 aliphatic heterocycles. The lowest BCUT2D eigenvalue weighted by Gasteiger charge is -2.17. The smallest absolute Gasteiger partial charge is 0.176 e. The molecule has 2 aromatic rings. The number of H-pyrrole nitrogens is 1. The number of aromatic amines is 1. The third-order valence-corrected chi connectivity index (χ3v) is 4.41. The summed E-state index contributed by atoms with van der Waals surface area (Å²) >= 11 is 0. The Morgan fingerprint density at radius 3 is 2.70 bits per heavy atom. The van der Waals surface area contributed by atoms with Crippen LogP contribution >= 0.6 is 12.4 Å². The monoisotopic (exact) mass is 337 g/mol. The van der Waals surface area contributed by atoms with E-state index in [1.165, 1.54) is 32.1 Å². The number of imidazole rings is 1. The van der Waals surface area contributed by atoms with Gasteiger partial charge in [-0.25, -0.2) is 9.97 Å². The summed E-state index contributed by atoms with van der Waals surface area (Å²) in [5.74, 6) is 1.40. The minimum atomic E-state index is 0. The van der Waals surface area contributed by atoms with Crippen molar-refractivity contribution in [2.24, 2.45) is 4.99 Å². The number of nitrogens with zero attached hydrogens (tertiary/aromatic N) is 4. The Bertz CT molecular complexity index is 695. The van der Waals surface area contributed by atoms with Gasteiger partial charge in [-0.05, 0) is 19.3 Å². The first-order chi connectivity index (χ1) is 10.7. The van der Waals surface area contributed by atoms with E-state index in [0.29, 0.717) is 12.0 Å². The molecule has 128 valence electrons. The highest BCUT2D eigenvalue weighted by atomic mass is 35.5. The molecule has 0 amide bonds. The van der Waals surface area contributed by atoms with Gasteiger partial charge in [0.2, 0.25) is 0 Å². The SMILES string of the molecule is CCCn1cnc(=NC2CCCCC2)c2[nH]c(C(C)C)nc21.Cl. The average Bonchev–Trinajstić information content (AvgIpc) is 2.97. The maximum Gasteiger partial charge on any atom is 0.176 e. The van der Waals surface area contributed by atoms with Crippen LogP contribution in [0.15, 0.2) is 11.3 Å². The summed E-state index contributed by atoms with van der Waals surface area (Å²) in [6.07, 6.45) is 9.29. The van der Waals surface area contributed by atoms with Crippen molar-refractivity contribution in [1.82, 2.24) is 19.5 Å². The predicted octanol–water partition coefficient (Wildman–Crippen LogP) is 3.95. The van der Waals surface area contributed by atoms with Crippen LogP contribution in [0.1, 0.15) is 71.0 Å². The number of nitrogens with one attached hydrogen (secondary N) is 1. The van der Waals surface area contributed by atoms with Gasteiger partial charge in [-0.15, -0.1) is 12.4 Å². The molecule has 23 heavy (non-hydrogen) atoms. The molecule has 2 aromatic heterocycles. The van der Waals surface area contributed by atoms with E-state index < -0.39 is 0 Å². The van der Waals surface area contributed by atoms with E-state index in [9.17, 15) is 0 Å². The highest BCUT2D eigenvalue weighted by Crippen LogP contribution is 2.20. The number of hydrogen-bond donors (Lipinski definition) is 1. The molecule has 1 fully saturated rings. The predicted molar refractivity (Wildman–Crippen MR) is 95.9 cm³/mol. The first-order valence-corrected chi connectivity index (χ1v) is 8.68. The number of aryl methyl sites for hydroxylation is 1. The molecule has 5 nitrogen and oxygen atoms in total. The highest BCUT2D eigenvalue weighted by Gasteiger charge is 2.15. The molecular weight excluding hydrogens is 310 g/mol. The second-order valence-corrected chi connectivity index (χ2v) is 6.66. The number of aromatic nitrogens is 4. The van der Waals surface area contributed by atoms with Crippen LogP contribution in [0.2, 0.25) is 0 Å². The van der Waals surface area contributed by atoms with Crippen LogP contribution in [0.4, 0.5) is 0 Å². The van der Waals surface area contributed by atoms with Crippen LogP contribution in [0.3, 0.4) is 0 Å². The molecule has 1 aliphatic rings. The Hall–Kier alpha value is -1.36. The van der Waals surface area contributed by atoms with Crippen LogP contribution in [-0.4, -0.2) is 25.6 Å². The van der Waals surface area contributed by atoms with E-state index in [2.05, 4.69) is 35.3 Å². The summed E-state index contributed by atoms with van der Waals surface area (Å²) in [5.41, 5.74) is 2.84. The lowest BCUT2D eigenvalue weighted by atomic mass is 9.96. The lowest BCUT2D eigenvalue weighted by Crippen LogP contribution is -2.20. The standard InChI is InChI=1S/C17H27N5.ClH/c1-4-10-22-11-18-16(19-13-8-6-5-7-9-13)14-17(22)21-15(20-14)12(2)3;/h11-13H,4-10H2,1-3H3,(H,20,21);1H. The summed E-state index contributed by atoms with van der Waals surface area (Å²) in [7, 11) is 0. The minimum absolute atomic E-state index is 0. The average molecular weight is 338 g/mol. The topological polar surface area (TPSA) is 58.9 Å². The summed E-state index contributed by atoms with van der Waals surface area (Å²) in [4.78, 5) is 17.8. The van der Waals surface area contributed by atoms with E-state index in [1.54, 1.807) is 0 Å². The van der Waals surface area contributed by atoms with Gasteiger partial charge in [0.15, 0.2) is 11.1 Å². The Morgan fingerprint density at radius 2 is 2.04 bits per heavy atom. The lowest BCUT2D eigenvalue weighted by molar-refractivity contribution is 0.436. The van der Waals surface area contributed by atoms with Crippen LogP contribution in [0.25, 0.3) is 11.2 Å². The van der Waals surface area contributed by atoms with E-state index in [1.807, 2.05) is 6.33 Å². The van der Waals surface area contributed by atoms with Crippen molar-refractivity contribution in [2.75, 3.05) is 0 Å². The fourth-order valence-corrected chi connectivity index (χ4v) is 3.15. The van der Waals surface area contributed by atoms with Gasteiger partial charge < -0.3 is 9.55 Å². The number of halogens is 1. The molecule has 3 rings (SSSR count). The van der Waals surface area contributed by atoms with Crippen molar-refractivity contribution in [3.63, 3.8) is 0 Å². The number of rotatable bonds is 4. The van der Waals surface area contributed by atoms with Gasteiger partial charge in [0.25, 0.3) is 0 Å². The molecule has 0 spiro atoms. The van der Waals surface area contributed by atoms with Crippen LogP contribution in [0.5, 0.6) is 0 Å². The second-order valence-electron chi connectivity index (χ2n) is 6.66. The van der Waals surface area contributed by atoms with Gasteiger partial charge in [0, 0.05) is 12.5 Å². The molecule has 2 heterocycles. The maximum atomic E-state index is 4.92. The molecule has 0 unspecified atom stereocenters. The Kier molecular flexibility index (Phi) is 6.22. The summed E-state index contributed by atoms with van der Waals surface area (Å²) in [6, 6.07) is 0.428. The van der Waals surface area contributed by atoms with Gasteiger partial charge in [-0.3, -0.25) is 4.99 Å². The summed E-state index contributed by atoms with van der Waals surface area (Å²) in [5, 5.41) is 0. The Balaban J connectivity index is 0.00000192. The van der Waals surface area contributed by atoms with Crippen molar-refractivity contribution in [3.8, 4) is 0 Å². The molecule has 1 saturated carbocycles. The van der Waals surface area contributed by atoms with Crippen molar-refractivity contribution in [3.05, 3.63) is 17.6 Å². The molecule has 0 bridgehead atoms. The maximum absolute atomic E-state index is 4.92. The number of hydrogen-bond acceptors (Lipinski definition) is 3. The van der Waals surface area contributed by atoms with E-state index in [4.69, 9.17) is 9.98 Å². The van der Waals surface area contributed by atoms with Gasteiger partial charge in [0.05, 0.1) is 12.4 Å². The third-order valence-electron chi connectivity index (χ3n) is 4.41. The normalized spacial score (nSPS) is 17.0. The van der Waals surface area contributed by atoms with E-state index in [0.717, 1.165) is 35.4 Å². The largest absolute Gasteiger partial charge is 0.337 e. The zero-order valence-electron chi connectivity index (χ0n) is 14.4. The van der Waals surface area contributed by atoms with Gasteiger partial charge in [-0.1, -0.05) is 40.0 Å². The molecule has 6 heteroatoms. The molecule has 0 radical (unpaired) electrons. The summed E-state index contributed by atoms with van der Waals surface area (Å²) in [6.45, 7) is 7.44. The first-order valence-electron chi connectivity index (χ1n) is 8.68. The number of fused-ring (bicyclic) bond motifs is 1. The van der Waals surface area contributed by atoms with Crippen molar-refractivity contribution in [1.29, 1.82) is 0 Å². The molecule has 1 aliphatic carbocycles. The van der Waals surface area contributed by atoms with Gasteiger partial charge >= 0.3 is 0 Å². The van der Waals surface area contributed by atoms with Gasteiger partial charge in [-0.2, -0.15) is 0 Å². The van der Waals surface area contributed by atoms with Crippen LogP contribution in [-0.2, 0) is 6.54 Å². The first kappa shape index (κ1) is 18.0. The van der Waals surface area contributed by atoms with Gasteiger partial charge in [0.1, 0.15) is 11.3 Å². The molecular formula is C17H28ClN5. The molecule has 0 atom stereocenters. The Morgan fingerprint density at radius 1 is 1.30 bits per heavy atom.